The number of benzene rings is 1. The molecule has 0 saturated carbocycles. The molecule has 0 atom stereocenters. The minimum absolute atomic E-state index is 0.178. The molecule has 0 fully saturated rings. The highest BCUT2D eigenvalue weighted by Crippen LogP contribution is 2.36. The Bertz CT molecular complexity index is 560. The van der Waals surface area contributed by atoms with E-state index < -0.39 is 34.6 Å². The maximum absolute atomic E-state index is 11.2. The average Bonchev–Trinajstić information content (AvgIpc) is 2.35. The van der Waals surface area contributed by atoms with Crippen LogP contribution in [0.15, 0.2) is 6.07 Å². The number of hydrogen-bond donors (Lipinski definition) is 3. The van der Waals surface area contributed by atoms with Gasteiger partial charge in [-0.3, -0.25) is 0 Å². The fraction of sp³-hybridized carbons (Fsp3) is 0.182. The van der Waals surface area contributed by atoms with Crippen LogP contribution in [0.1, 0.15) is 31.1 Å². The predicted molar refractivity (Wildman–Crippen MR) is 60.4 cm³/mol. The second-order valence-electron chi connectivity index (χ2n) is 3.33. The summed E-state index contributed by atoms with van der Waals surface area (Å²) in [7, 11) is 2.30. The molecule has 3 N–H and O–H groups in total. The summed E-state index contributed by atoms with van der Waals surface area (Å²) in [6, 6.07) is 0.900. The molecule has 0 aliphatic heterocycles. The van der Waals surface area contributed by atoms with Crippen LogP contribution < -0.4 is 9.47 Å². The van der Waals surface area contributed by atoms with E-state index in [0.29, 0.717) is 0 Å². The van der Waals surface area contributed by atoms with Gasteiger partial charge >= 0.3 is 17.9 Å². The largest absolute Gasteiger partial charge is 0.493 e. The first kappa shape index (κ1) is 14.3. The Labute approximate surface area is 106 Å². The van der Waals surface area contributed by atoms with Crippen LogP contribution in [0.5, 0.6) is 11.5 Å². The molecule has 0 bridgehead atoms. The first-order chi connectivity index (χ1) is 8.84. The molecule has 0 unspecified atom stereocenters. The fourth-order valence-electron chi connectivity index (χ4n) is 1.59. The molecule has 0 radical (unpaired) electrons. The predicted octanol–water partition coefficient (Wildman–Crippen LogP) is 0.798. The van der Waals surface area contributed by atoms with Gasteiger partial charge in [-0.05, 0) is 6.07 Å². The Morgan fingerprint density at radius 2 is 1.42 bits per heavy atom. The van der Waals surface area contributed by atoms with E-state index in [9.17, 15) is 14.4 Å². The highest BCUT2D eigenvalue weighted by molar-refractivity contribution is 6.11. The van der Waals surface area contributed by atoms with Gasteiger partial charge in [0.2, 0.25) is 0 Å². The zero-order valence-electron chi connectivity index (χ0n) is 9.96. The first-order valence-corrected chi connectivity index (χ1v) is 4.84. The van der Waals surface area contributed by atoms with Gasteiger partial charge in [0.05, 0.1) is 25.3 Å². The molecule has 102 valence electrons. The molecule has 0 heterocycles. The van der Waals surface area contributed by atoms with E-state index in [1.165, 1.54) is 7.11 Å². The van der Waals surface area contributed by atoms with Crippen LogP contribution in [0.2, 0.25) is 0 Å². The van der Waals surface area contributed by atoms with E-state index in [0.717, 1.165) is 13.2 Å². The summed E-state index contributed by atoms with van der Waals surface area (Å²) in [4.78, 5) is 33.3. The summed E-state index contributed by atoms with van der Waals surface area (Å²) in [6.07, 6.45) is 0. The molecule has 0 aromatic heterocycles. The maximum atomic E-state index is 11.2. The van der Waals surface area contributed by atoms with E-state index in [1.807, 2.05) is 0 Å². The van der Waals surface area contributed by atoms with Crippen molar-refractivity contribution < 1.29 is 39.2 Å². The van der Waals surface area contributed by atoms with Gasteiger partial charge in [-0.25, -0.2) is 14.4 Å². The van der Waals surface area contributed by atoms with Crippen molar-refractivity contribution in [1.29, 1.82) is 0 Å². The summed E-state index contributed by atoms with van der Waals surface area (Å²) in [5, 5.41) is 27.0. The molecule has 8 nitrogen and oxygen atoms in total. The highest BCUT2D eigenvalue weighted by Gasteiger charge is 2.30. The quantitative estimate of drug-likeness (QED) is 0.716. The molecule has 8 heteroatoms. The molecule has 1 aromatic rings. The molecular weight excluding hydrogens is 260 g/mol. The number of aromatic carboxylic acids is 3. The molecule has 0 spiro atoms. The fourth-order valence-corrected chi connectivity index (χ4v) is 1.59. The monoisotopic (exact) mass is 270 g/mol. The van der Waals surface area contributed by atoms with Crippen molar-refractivity contribution in [3.05, 3.63) is 22.8 Å². The highest BCUT2D eigenvalue weighted by atomic mass is 16.5. The summed E-state index contributed by atoms with van der Waals surface area (Å²) in [6.45, 7) is 0. The third-order valence-corrected chi connectivity index (χ3v) is 2.33. The third-order valence-electron chi connectivity index (χ3n) is 2.33. The molecule has 0 amide bonds. The van der Waals surface area contributed by atoms with Gasteiger partial charge in [0, 0.05) is 0 Å². The standard InChI is InChI=1S/C11H10O8/c1-18-5-3-4(9(12)13)6(10(14)15)7(11(16)17)8(5)19-2/h3H,1-2H3,(H,12,13)(H,14,15)(H,16,17). The van der Waals surface area contributed by atoms with Crippen LogP contribution in [-0.2, 0) is 0 Å². The smallest absolute Gasteiger partial charge is 0.340 e. The Balaban J connectivity index is 3.89. The van der Waals surface area contributed by atoms with Crippen LogP contribution in [-0.4, -0.2) is 47.4 Å². The second kappa shape index (κ2) is 5.25. The van der Waals surface area contributed by atoms with Crippen molar-refractivity contribution in [2.45, 2.75) is 0 Å². The number of carboxylic acid groups (broad SMARTS) is 3. The molecule has 0 aliphatic carbocycles. The SMILES string of the molecule is COc1cc(C(=O)O)c(C(=O)O)c(C(=O)O)c1OC. The topological polar surface area (TPSA) is 130 Å². The van der Waals surface area contributed by atoms with Crippen molar-refractivity contribution in [3.8, 4) is 11.5 Å². The van der Waals surface area contributed by atoms with Crippen LogP contribution in [0.25, 0.3) is 0 Å². The Hall–Kier alpha value is -2.77. The number of carboxylic acids is 3. The van der Waals surface area contributed by atoms with Crippen molar-refractivity contribution in [1.82, 2.24) is 0 Å². The summed E-state index contributed by atoms with van der Waals surface area (Å²) < 4.78 is 9.60. The minimum atomic E-state index is -1.68. The van der Waals surface area contributed by atoms with Gasteiger partial charge in [-0.1, -0.05) is 0 Å². The lowest BCUT2D eigenvalue weighted by atomic mass is 9.99. The van der Waals surface area contributed by atoms with Gasteiger partial charge in [-0.2, -0.15) is 0 Å². The normalized spacial score (nSPS) is 9.79. The third kappa shape index (κ3) is 2.41. The summed E-state index contributed by atoms with van der Waals surface area (Å²) >= 11 is 0. The second-order valence-corrected chi connectivity index (χ2v) is 3.33. The maximum Gasteiger partial charge on any atom is 0.340 e. The Kier molecular flexibility index (Phi) is 3.95. The Morgan fingerprint density at radius 3 is 1.74 bits per heavy atom. The van der Waals surface area contributed by atoms with E-state index in [2.05, 4.69) is 0 Å². The van der Waals surface area contributed by atoms with E-state index in [1.54, 1.807) is 0 Å². The van der Waals surface area contributed by atoms with Gasteiger partial charge in [-0.15, -0.1) is 0 Å². The van der Waals surface area contributed by atoms with Crippen molar-refractivity contribution in [3.63, 3.8) is 0 Å². The van der Waals surface area contributed by atoms with Gasteiger partial charge in [0.15, 0.2) is 11.5 Å². The lowest BCUT2D eigenvalue weighted by Crippen LogP contribution is -2.16. The molecule has 0 saturated heterocycles. The zero-order chi connectivity index (χ0) is 14.7. The minimum Gasteiger partial charge on any atom is -0.493 e. The van der Waals surface area contributed by atoms with Crippen molar-refractivity contribution in [2.24, 2.45) is 0 Å². The average molecular weight is 270 g/mol. The summed E-state index contributed by atoms with van der Waals surface area (Å²) in [5.74, 6) is -5.42. The molecule has 19 heavy (non-hydrogen) atoms. The lowest BCUT2D eigenvalue weighted by molar-refractivity contribution is 0.0630. The number of rotatable bonds is 5. The molecular formula is C11H10O8. The summed E-state index contributed by atoms with van der Waals surface area (Å²) in [5.41, 5.74) is -2.33. The van der Waals surface area contributed by atoms with Crippen LogP contribution in [0, 0.1) is 0 Å². The molecule has 1 aromatic carbocycles. The number of methoxy groups -OCH3 is 2. The van der Waals surface area contributed by atoms with Gasteiger partial charge < -0.3 is 24.8 Å². The molecule has 1 rings (SSSR count). The Morgan fingerprint density at radius 1 is 0.895 bits per heavy atom. The van der Waals surface area contributed by atoms with E-state index in [-0.39, 0.29) is 11.5 Å². The van der Waals surface area contributed by atoms with E-state index in [4.69, 9.17) is 24.8 Å². The lowest BCUT2D eigenvalue weighted by Gasteiger charge is -2.14. The van der Waals surface area contributed by atoms with E-state index >= 15 is 0 Å². The first-order valence-electron chi connectivity index (χ1n) is 4.84. The van der Waals surface area contributed by atoms with Crippen molar-refractivity contribution in [2.75, 3.05) is 14.2 Å². The van der Waals surface area contributed by atoms with Crippen LogP contribution >= 0.6 is 0 Å². The van der Waals surface area contributed by atoms with Gasteiger partial charge in [0.1, 0.15) is 5.56 Å². The van der Waals surface area contributed by atoms with Gasteiger partial charge in [0.25, 0.3) is 0 Å². The number of ether oxygens (including phenoxy) is 2. The number of hydrogen-bond acceptors (Lipinski definition) is 5. The van der Waals surface area contributed by atoms with Crippen molar-refractivity contribution >= 4 is 17.9 Å². The molecule has 0 aliphatic rings. The van der Waals surface area contributed by atoms with Crippen LogP contribution in [0.3, 0.4) is 0 Å². The zero-order valence-corrected chi connectivity index (χ0v) is 9.96. The van der Waals surface area contributed by atoms with Crippen LogP contribution in [0.4, 0.5) is 0 Å². The number of carbonyl (C=O) groups is 3.